The standard InChI is InChI=1S/C7H8N4O/c12-6-1-2-9-7-5(11-6)3-8-4-10-7/h1-2,8H,3-4H2,(H,9,10). The molecule has 12 heavy (non-hydrogen) atoms. The highest BCUT2D eigenvalue weighted by Gasteiger charge is 2.08. The van der Waals surface area contributed by atoms with E-state index in [2.05, 4.69) is 20.6 Å². The van der Waals surface area contributed by atoms with Crippen LogP contribution in [0.2, 0.25) is 0 Å². The van der Waals surface area contributed by atoms with Crippen LogP contribution >= 0.6 is 0 Å². The molecule has 0 radical (unpaired) electrons. The largest absolute Gasteiger partial charge is 0.356 e. The van der Waals surface area contributed by atoms with Crippen molar-refractivity contribution in [3.63, 3.8) is 0 Å². The second kappa shape index (κ2) is 2.86. The normalized spacial score (nSPS) is 14.7. The second-order valence-corrected chi connectivity index (χ2v) is 2.47. The molecule has 0 aromatic carbocycles. The summed E-state index contributed by atoms with van der Waals surface area (Å²) in [6, 6.07) is 1.35. The first-order valence-corrected chi connectivity index (χ1v) is 3.67. The first-order chi connectivity index (χ1) is 5.86. The van der Waals surface area contributed by atoms with Gasteiger partial charge in [-0.1, -0.05) is 0 Å². The van der Waals surface area contributed by atoms with Crippen molar-refractivity contribution >= 4 is 5.82 Å². The minimum absolute atomic E-state index is 0.255. The van der Waals surface area contributed by atoms with Gasteiger partial charge in [0, 0.05) is 18.8 Å². The molecule has 5 heteroatoms. The summed E-state index contributed by atoms with van der Waals surface area (Å²) in [6.45, 7) is 1.26. The van der Waals surface area contributed by atoms with E-state index in [1.807, 2.05) is 0 Å². The third-order valence-electron chi connectivity index (χ3n) is 1.61. The van der Waals surface area contributed by atoms with Gasteiger partial charge in [0.05, 0.1) is 6.67 Å². The lowest BCUT2D eigenvalue weighted by Crippen LogP contribution is -2.29. The monoisotopic (exact) mass is 164 g/mol. The molecule has 0 spiro atoms. The number of rotatable bonds is 0. The van der Waals surface area contributed by atoms with E-state index in [1.54, 1.807) is 0 Å². The highest BCUT2D eigenvalue weighted by Crippen LogP contribution is 2.07. The number of nitrogens with one attached hydrogen (secondary N) is 2. The van der Waals surface area contributed by atoms with Crippen molar-refractivity contribution in [1.29, 1.82) is 0 Å². The van der Waals surface area contributed by atoms with E-state index >= 15 is 0 Å². The van der Waals surface area contributed by atoms with Gasteiger partial charge in [0.15, 0.2) is 0 Å². The van der Waals surface area contributed by atoms with E-state index < -0.39 is 0 Å². The smallest absolute Gasteiger partial charge is 0.271 e. The zero-order valence-electron chi connectivity index (χ0n) is 6.37. The fourth-order valence-electron chi connectivity index (χ4n) is 1.07. The summed E-state index contributed by atoms with van der Waals surface area (Å²) in [5.74, 6) is 0.691. The SMILES string of the molecule is O=c1ccnc2c(n1)CNCN2. The summed E-state index contributed by atoms with van der Waals surface area (Å²) in [7, 11) is 0. The van der Waals surface area contributed by atoms with Gasteiger partial charge in [0.25, 0.3) is 5.56 Å². The van der Waals surface area contributed by atoms with Gasteiger partial charge < -0.3 is 5.32 Å². The van der Waals surface area contributed by atoms with Gasteiger partial charge in [-0.15, -0.1) is 0 Å². The van der Waals surface area contributed by atoms with Crippen molar-refractivity contribution in [2.45, 2.75) is 6.54 Å². The molecule has 1 aliphatic heterocycles. The molecule has 0 aliphatic carbocycles. The first-order valence-electron chi connectivity index (χ1n) is 3.67. The van der Waals surface area contributed by atoms with Crippen molar-refractivity contribution in [2.75, 3.05) is 12.0 Å². The molecule has 2 rings (SSSR count). The molecule has 0 saturated carbocycles. The van der Waals surface area contributed by atoms with Gasteiger partial charge in [-0.3, -0.25) is 10.1 Å². The molecule has 0 unspecified atom stereocenters. The third kappa shape index (κ3) is 1.26. The zero-order chi connectivity index (χ0) is 8.39. The topological polar surface area (TPSA) is 66.9 Å². The van der Waals surface area contributed by atoms with Gasteiger partial charge in [-0.25, -0.2) is 9.97 Å². The lowest BCUT2D eigenvalue weighted by molar-refractivity contribution is 0.685. The van der Waals surface area contributed by atoms with Crippen LogP contribution in [-0.4, -0.2) is 16.6 Å². The number of anilines is 1. The maximum absolute atomic E-state index is 10.9. The highest BCUT2D eigenvalue weighted by atomic mass is 16.1. The Balaban J connectivity index is 2.59. The summed E-state index contributed by atoms with van der Waals surface area (Å²) >= 11 is 0. The maximum Gasteiger partial charge on any atom is 0.271 e. The summed E-state index contributed by atoms with van der Waals surface area (Å²) < 4.78 is 0. The molecule has 1 aromatic heterocycles. The maximum atomic E-state index is 10.9. The molecule has 5 nitrogen and oxygen atoms in total. The molecule has 0 bridgehead atoms. The number of nitrogens with zero attached hydrogens (tertiary/aromatic N) is 2. The molecule has 1 aromatic rings. The first kappa shape index (κ1) is 7.17. The lowest BCUT2D eigenvalue weighted by Gasteiger charge is -2.13. The molecule has 62 valence electrons. The molecule has 0 atom stereocenters. The van der Waals surface area contributed by atoms with E-state index in [9.17, 15) is 4.79 Å². The Hall–Kier alpha value is -1.49. The predicted octanol–water partition coefficient (Wildman–Crippen LogP) is -0.691. The molecule has 2 heterocycles. The van der Waals surface area contributed by atoms with Crippen molar-refractivity contribution in [1.82, 2.24) is 15.3 Å². The van der Waals surface area contributed by atoms with Gasteiger partial charge in [0.2, 0.25) is 0 Å². The van der Waals surface area contributed by atoms with Crippen LogP contribution in [0.5, 0.6) is 0 Å². The Morgan fingerprint density at radius 1 is 1.50 bits per heavy atom. The van der Waals surface area contributed by atoms with Crippen molar-refractivity contribution < 1.29 is 0 Å². The molecule has 0 saturated heterocycles. The average molecular weight is 164 g/mol. The number of fused-ring (bicyclic) bond motifs is 1. The summed E-state index contributed by atoms with van der Waals surface area (Å²) in [6.07, 6.45) is 1.46. The summed E-state index contributed by atoms with van der Waals surface area (Å²) in [5.41, 5.74) is 0.422. The van der Waals surface area contributed by atoms with E-state index in [4.69, 9.17) is 0 Å². The summed E-state index contributed by atoms with van der Waals surface area (Å²) in [4.78, 5) is 18.8. The van der Waals surface area contributed by atoms with Gasteiger partial charge in [-0.05, 0) is 0 Å². The minimum atomic E-state index is -0.255. The van der Waals surface area contributed by atoms with E-state index in [0.29, 0.717) is 24.7 Å². The fourth-order valence-corrected chi connectivity index (χ4v) is 1.07. The number of hydrogen-bond donors (Lipinski definition) is 2. The summed E-state index contributed by atoms with van der Waals surface area (Å²) in [5, 5.41) is 6.02. The molecule has 2 N–H and O–H groups in total. The van der Waals surface area contributed by atoms with Crippen molar-refractivity contribution in [3.8, 4) is 0 Å². The van der Waals surface area contributed by atoms with Gasteiger partial charge in [-0.2, -0.15) is 0 Å². The van der Waals surface area contributed by atoms with Crippen LogP contribution in [0.25, 0.3) is 0 Å². The predicted molar refractivity (Wildman–Crippen MR) is 43.6 cm³/mol. The van der Waals surface area contributed by atoms with Crippen LogP contribution in [0.15, 0.2) is 17.1 Å². The molecular formula is C7H8N4O. The van der Waals surface area contributed by atoms with Crippen LogP contribution in [0, 0.1) is 0 Å². The van der Waals surface area contributed by atoms with Crippen LogP contribution in [0.4, 0.5) is 5.82 Å². The van der Waals surface area contributed by atoms with Crippen molar-refractivity contribution in [3.05, 3.63) is 28.3 Å². The zero-order valence-corrected chi connectivity index (χ0v) is 6.37. The number of aromatic nitrogens is 2. The molecule has 0 fully saturated rings. The molecular weight excluding hydrogens is 156 g/mol. The molecule has 0 amide bonds. The Labute approximate surface area is 68.9 Å². The van der Waals surface area contributed by atoms with Gasteiger partial charge >= 0.3 is 0 Å². The van der Waals surface area contributed by atoms with Crippen LogP contribution in [0.3, 0.4) is 0 Å². The quantitative estimate of drug-likeness (QED) is 0.531. The van der Waals surface area contributed by atoms with Crippen LogP contribution in [0.1, 0.15) is 5.69 Å². The lowest BCUT2D eigenvalue weighted by atomic mass is 10.4. The third-order valence-corrected chi connectivity index (χ3v) is 1.61. The number of hydrogen-bond acceptors (Lipinski definition) is 5. The van der Waals surface area contributed by atoms with E-state index in [1.165, 1.54) is 12.3 Å². The van der Waals surface area contributed by atoms with Gasteiger partial charge in [0.1, 0.15) is 11.5 Å². The van der Waals surface area contributed by atoms with Crippen molar-refractivity contribution in [2.24, 2.45) is 0 Å². The van der Waals surface area contributed by atoms with Crippen LogP contribution in [-0.2, 0) is 6.54 Å². The molecule has 1 aliphatic rings. The second-order valence-electron chi connectivity index (χ2n) is 2.47. The Morgan fingerprint density at radius 2 is 2.42 bits per heavy atom. The van der Waals surface area contributed by atoms with E-state index in [0.717, 1.165) is 0 Å². The Kier molecular flexibility index (Phi) is 1.71. The fraction of sp³-hybridized carbons (Fsp3) is 0.286. The Morgan fingerprint density at radius 3 is 3.33 bits per heavy atom. The minimum Gasteiger partial charge on any atom is -0.356 e. The highest BCUT2D eigenvalue weighted by molar-refractivity contribution is 5.40. The Bertz CT molecular complexity index is 352. The average Bonchev–Trinajstić information content (AvgIpc) is 2.25. The van der Waals surface area contributed by atoms with Crippen LogP contribution < -0.4 is 16.2 Å². The van der Waals surface area contributed by atoms with E-state index in [-0.39, 0.29) is 5.56 Å².